The largest absolute Gasteiger partial charge is 0.347 e. The number of hydrogen-bond acceptors (Lipinski definition) is 7. The minimum atomic E-state index is -0.146. The zero-order chi connectivity index (χ0) is 22.7. The SMILES string of the molecule is CSc1ccccc1CNC(=O)c1csc(C2CCN(C(=O)c3sc(C)nc3C)CC2)n1. The molecule has 0 aliphatic carbocycles. The molecule has 0 radical (unpaired) electrons. The molecule has 2 aromatic heterocycles. The van der Waals surface area contributed by atoms with Crippen LogP contribution >= 0.6 is 34.4 Å². The minimum Gasteiger partial charge on any atom is -0.347 e. The van der Waals surface area contributed by atoms with E-state index in [0.717, 1.165) is 43.9 Å². The quantitative estimate of drug-likeness (QED) is 0.502. The van der Waals surface area contributed by atoms with Crippen LogP contribution in [0.3, 0.4) is 0 Å². The van der Waals surface area contributed by atoms with Crippen LogP contribution < -0.4 is 5.32 Å². The molecule has 2 amide bonds. The summed E-state index contributed by atoms with van der Waals surface area (Å²) in [7, 11) is 0. The van der Waals surface area contributed by atoms with Crippen LogP contribution in [-0.2, 0) is 6.54 Å². The topological polar surface area (TPSA) is 75.2 Å². The summed E-state index contributed by atoms with van der Waals surface area (Å²) in [5, 5.41) is 6.73. The minimum absolute atomic E-state index is 0.0799. The van der Waals surface area contributed by atoms with Crippen molar-refractivity contribution in [2.45, 2.75) is 44.0 Å². The number of amides is 2. The summed E-state index contributed by atoms with van der Waals surface area (Å²) in [6, 6.07) is 8.07. The van der Waals surface area contributed by atoms with E-state index in [2.05, 4.69) is 21.4 Å². The summed E-state index contributed by atoms with van der Waals surface area (Å²) in [4.78, 5) is 38.3. The number of nitrogens with zero attached hydrogens (tertiary/aromatic N) is 3. The van der Waals surface area contributed by atoms with Gasteiger partial charge in [0.15, 0.2) is 0 Å². The lowest BCUT2D eigenvalue weighted by molar-refractivity contribution is 0.0717. The van der Waals surface area contributed by atoms with Crippen LogP contribution in [0.1, 0.15) is 60.2 Å². The number of thiazole rings is 2. The molecule has 1 saturated heterocycles. The van der Waals surface area contributed by atoms with Crippen LogP contribution in [0, 0.1) is 13.8 Å². The average Bonchev–Trinajstić information content (AvgIpc) is 3.43. The number of hydrogen-bond donors (Lipinski definition) is 1. The predicted octanol–water partition coefficient (Wildman–Crippen LogP) is 4.89. The summed E-state index contributed by atoms with van der Waals surface area (Å²) in [5.41, 5.74) is 2.39. The third kappa shape index (κ3) is 5.05. The molecule has 4 rings (SSSR count). The van der Waals surface area contributed by atoms with E-state index in [-0.39, 0.29) is 17.7 Å². The highest BCUT2D eigenvalue weighted by atomic mass is 32.2. The zero-order valence-electron chi connectivity index (χ0n) is 18.4. The van der Waals surface area contributed by atoms with Gasteiger partial charge in [0.2, 0.25) is 0 Å². The van der Waals surface area contributed by atoms with Gasteiger partial charge in [0.25, 0.3) is 11.8 Å². The number of benzene rings is 1. The molecule has 0 atom stereocenters. The van der Waals surface area contributed by atoms with Gasteiger partial charge in [0, 0.05) is 35.8 Å². The van der Waals surface area contributed by atoms with Crippen molar-refractivity contribution in [3.63, 3.8) is 0 Å². The second-order valence-electron chi connectivity index (χ2n) is 7.78. The normalized spacial score (nSPS) is 14.5. The number of carbonyl (C=O) groups is 2. The van der Waals surface area contributed by atoms with Gasteiger partial charge >= 0.3 is 0 Å². The number of thioether (sulfide) groups is 1. The first kappa shape index (κ1) is 22.9. The van der Waals surface area contributed by atoms with E-state index in [1.807, 2.05) is 48.6 Å². The molecule has 1 aliphatic rings. The molecule has 168 valence electrons. The van der Waals surface area contributed by atoms with E-state index in [0.29, 0.717) is 25.3 Å². The number of aryl methyl sites for hydroxylation is 2. The van der Waals surface area contributed by atoms with Crippen LogP contribution in [0.5, 0.6) is 0 Å². The molecular weight excluding hydrogens is 460 g/mol. The lowest BCUT2D eigenvalue weighted by Gasteiger charge is -2.30. The summed E-state index contributed by atoms with van der Waals surface area (Å²) in [6.07, 6.45) is 3.75. The lowest BCUT2D eigenvalue weighted by Crippen LogP contribution is -2.37. The molecule has 1 aromatic carbocycles. The van der Waals surface area contributed by atoms with Gasteiger partial charge < -0.3 is 10.2 Å². The summed E-state index contributed by atoms with van der Waals surface area (Å²) in [6.45, 7) is 5.71. The van der Waals surface area contributed by atoms with E-state index in [1.54, 1.807) is 11.8 Å². The van der Waals surface area contributed by atoms with Crippen molar-refractivity contribution in [1.29, 1.82) is 0 Å². The molecule has 1 N–H and O–H groups in total. The van der Waals surface area contributed by atoms with E-state index in [1.165, 1.54) is 22.7 Å². The first-order valence-electron chi connectivity index (χ1n) is 10.5. The van der Waals surface area contributed by atoms with E-state index >= 15 is 0 Å². The van der Waals surface area contributed by atoms with Gasteiger partial charge in [-0.05, 0) is 44.6 Å². The van der Waals surface area contributed by atoms with Crippen molar-refractivity contribution in [3.8, 4) is 0 Å². The Labute approximate surface area is 200 Å². The number of carbonyl (C=O) groups excluding carboxylic acids is 2. The maximum absolute atomic E-state index is 12.8. The lowest BCUT2D eigenvalue weighted by atomic mass is 9.97. The van der Waals surface area contributed by atoms with E-state index in [4.69, 9.17) is 0 Å². The van der Waals surface area contributed by atoms with E-state index in [9.17, 15) is 9.59 Å². The van der Waals surface area contributed by atoms with Crippen molar-refractivity contribution in [1.82, 2.24) is 20.2 Å². The van der Waals surface area contributed by atoms with Crippen LogP contribution in [-0.4, -0.2) is 46.0 Å². The zero-order valence-corrected chi connectivity index (χ0v) is 20.8. The molecule has 6 nitrogen and oxygen atoms in total. The highest BCUT2D eigenvalue weighted by molar-refractivity contribution is 7.98. The highest BCUT2D eigenvalue weighted by Gasteiger charge is 2.28. The maximum atomic E-state index is 12.8. The number of rotatable bonds is 6. The van der Waals surface area contributed by atoms with Crippen LogP contribution in [0.15, 0.2) is 34.5 Å². The summed E-state index contributed by atoms with van der Waals surface area (Å²) < 4.78 is 0. The molecule has 0 bridgehead atoms. The number of piperidine rings is 1. The van der Waals surface area contributed by atoms with Gasteiger partial charge in [0.1, 0.15) is 10.6 Å². The average molecular weight is 487 g/mol. The smallest absolute Gasteiger partial charge is 0.271 e. The van der Waals surface area contributed by atoms with Crippen molar-refractivity contribution in [3.05, 3.63) is 61.5 Å². The summed E-state index contributed by atoms with van der Waals surface area (Å²) >= 11 is 4.68. The third-order valence-electron chi connectivity index (χ3n) is 5.62. The van der Waals surface area contributed by atoms with Crippen molar-refractivity contribution in [2.75, 3.05) is 19.3 Å². The molecule has 3 aromatic rings. The van der Waals surface area contributed by atoms with Crippen molar-refractivity contribution < 1.29 is 9.59 Å². The molecule has 9 heteroatoms. The molecule has 1 aliphatic heterocycles. The Bertz CT molecular complexity index is 1120. The molecule has 0 unspecified atom stereocenters. The fraction of sp³-hybridized carbons (Fsp3) is 0.391. The van der Waals surface area contributed by atoms with Gasteiger partial charge in [-0.1, -0.05) is 18.2 Å². The van der Waals surface area contributed by atoms with Crippen LogP contribution in [0.4, 0.5) is 0 Å². The Morgan fingerprint density at radius 1 is 1.19 bits per heavy atom. The monoisotopic (exact) mass is 486 g/mol. The first-order chi connectivity index (χ1) is 15.5. The Hall–Kier alpha value is -2.23. The molecule has 1 fully saturated rings. The molecule has 0 spiro atoms. The van der Waals surface area contributed by atoms with Gasteiger partial charge in [-0.2, -0.15) is 0 Å². The standard InChI is InChI=1S/C23H26N4O2S3/c1-14-20(32-15(2)25-14)23(29)27-10-8-16(9-11-27)22-26-18(13-31-22)21(28)24-12-17-6-4-5-7-19(17)30-3/h4-7,13,16H,8-12H2,1-3H3,(H,24,28). The summed E-state index contributed by atoms with van der Waals surface area (Å²) in [5.74, 6) is 0.218. The Kier molecular flexibility index (Phi) is 7.27. The fourth-order valence-electron chi connectivity index (χ4n) is 3.90. The fourth-order valence-corrected chi connectivity index (χ4v) is 6.37. The number of aromatic nitrogens is 2. The van der Waals surface area contributed by atoms with Gasteiger partial charge in [-0.25, -0.2) is 9.97 Å². The molecular formula is C23H26N4O2S3. The molecule has 3 heterocycles. The predicted molar refractivity (Wildman–Crippen MR) is 131 cm³/mol. The second-order valence-corrected chi connectivity index (χ2v) is 10.7. The second kappa shape index (κ2) is 10.1. The highest BCUT2D eigenvalue weighted by Crippen LogP contribution is 2.31. The number of nitrogens with one attached hydrogen (secondary N) is 1. The molecule has 0 saturated carbocycles. The number of likely N-dealkylation sites (tertiary alicyclic amines) is 1. The third-order valence-corrected chi connectivity index (χ3v) is 8.52. The van der Waals surface area contributed by atoms with Gasteiger partial charge in [-0.15, -0.1) is 34.4 Å². The van der Waals surface area contributed by atoms with Crippen molar-refractivity contribution >= 4 is 46.2 Å². The van der Waals surface area contributed by atoms with Gasteiger partial charge in [-0.3, -0.25) is 9.59 Å². The van der Waals surface area contributed by atoms with Crippen LogP contribution in [0.25, 0.3) is 0 Å². The Morgan fingerprint density at radius 3 is 2.62 bits per heavy atom. The Morgan fingerprint density at radius 2 is 1.94 bits per heavy atom. The molecule has 32 heavy (non-hydrogen) atoms. The Balaban J connectivity index is 1.32. The van der Waals surface area contributed by atoms with Crippen LogP contribution in [0.2, 0.25) is 0 Å². The maximum Gasteiger partial charge on any atom is 0.271 e. The van der Waals surface area contributed by atoms with E-state index < -0.39 is 0 Å². The van der Waals surface area contributed by atoms with Gasteiger partial charge in [0.05, 0.1) is 15.7 Å². The van der Waals surface area contributed by atoms with Crippen molar-refractivity contribution in [2.24, 2.45) is 0 Å². The first-order valence-corrected chi connectivity index (χ1v) is 13.5.